The molecule has 0 heterocycles. The van der Waals surface area contributed by atoms with Gasteiger partial charge in [-0.2, -0.15) is 0 Å². The third kappa shape index (κ3) is 9.58. The first kappa shape index (κ1) is 28.1. The molecule has 0 aliphatic carbocycles. The molecule has 0 radical (unpaired) electrons. The molecule has 0 saturated heterocycles. The van der Waals surface area contributed by atoms with Gasteiger partial charge in [0.1, 0.15) is 18.1 Å². The van der Waals surface area contributed by atoms with E-state index >= 15 is 0 Å². The summed E-state index contributed by atoms with van der Waals surface area (Å²) >= 11 is 5.47. The van der Waals surface area contributed by atoms with Crippen LogP contribution in [-0.2, 0) is 30.4 Å². The van der Waals surface area contributed by atoms with Gasteiger partial charge in [0.2, 0.25) is 23.6 Å². The maximum atomic E-state index is 12.7. The van der Waals surface area contributed by atoms with Crippen molar-refractivity contribution in [2.45, 2.75) is 64.4 Å². The lowest BCUT2D eigenvalue weighted by atomic mass is 10.0. The number of rotatable bonds is 12. The molecule has 5 unspecified atom stereocenters. The Morgan fingerprint density at radius 2 is 1.42 bits per heavy atom. The molecular formula is C22H31ClN4O6. The molecule has 1 aromatic rings. The Morgan fingerprint density at radius 1 is 0.848 bits per heavy atom. The van der Waals surface area contributed by atoms with E-state index < -0.39 is 59.7 Å². The SMILES string of the molecule is CC(=O)NC(Cc1ccccc1)C(=O)NC(C)C(=O)NC(C(=O)NC(C)C(=O)CCl)C(C)O. The van der Waals surface area contributed by atoms with Gasteiger partial charge in [-0.25, -0.2) is 0 Å². The number of alkyl halides is 1. The minimum absolute atomic E-state index is 0.214. The molecule has 0 saturated carbocycles. The fourth-order valence-electron chi connectivity index (χ4n) is 2.87. The van der Waals surface area contributed by atoms with Gasteiger partial charge in [-0.3, -0.25) is 24.0 Å². The van der Waals surface area contributed by atoms with Crippen molar-refractivity contribution in [1.82, 2.24) is 21.3 Å². The van der Waals surface area contributed by atoms with Crippen LogP contribution in [-0.4, -0.2) is 70.7 Å². The number of carbonyl (C=O) groups excluding carboxylic acids is 5. The van der Waals surface area contributed by atoms with Gasteiger partial charge in [0.15, 0.2) is 5.78 Å². The van der Waals surface area contributed by atoms with E-state index in [2.05, 4.69) is 21.3 Å². The molecule has 4 amide bonds. The zero-order valence-corrected chi connectivity index (χ0v) is 19.8. The minimum atomic E-state index is -1.36. The highest BCUT2D eigenvalue weighted by molar-refractivity contribution is 6.28. The Labute approximate surface area is 197 Å². The Bertz CT molecular complexity index is 849. The lowest BCUT2D eigenvalue weighted by Gasteiger charge is -2.25. The first-order valence-corrected chi connectivity index (χ1v) is 11.0. The van der Waals surface area contributed by atoms with Crippen LogP contribution in [0.5, 0.6) is 0 Å². The van der Waals surface area contributed by atoms with Gasteiger partial charge >= 0.3 is 0 Å². The number of carbonyl (C=O) groups is 5. The number of hydrogen-bond acceptors (Lipinski definition) is 6. The van der Waals surface area contributed by atoms with E-state index in [0.29, 0.717) is 0 Å². The lowest BCUT2D eigenvalue weighted by Crippen LogP contribution is -2.59. The molecule has 33 heavy (non-hydrogen) atoms. The standard InChI is InChI=1S/C22H31ClN4O6/c1-12(18(30)11-23)24-22(33)19(14(3)28)27-20(31)13(2)25-21(32)17(26-15(4)29)10-16-8-6-5-7-9-16/h5-9,12-14,17,19,28H,10-11H2,1-4H3,(H,24,33)(H,25,32)(H,26,29)(H,27,31). The Balaban J connectivity index is 2.81. The Hall–Kier alpha value is -2.98. The van der Waals surface area contributed by atoms with Crippen molar-refractivity contribution in [3.8, 4) is 0 Å². The molecule has 182 valence electrons. The van der Waals surface area contributed by atoms with Crippen molar-refractivity contribution in [3.63, 3.8) is 0 Å². The van der Waals surface area contributed by atoms with E-state index in [1.807, 2.05) is 6.07 Å². The molecule has 10 nitrogen and oxygen atoms in total. The first-order valence-electron chi connectivity index (χ1n) is 10.4. The van der Waals surface area contributed by atoms with Crippen LogP contribution < -0.4 is 21.3 Å². The first-order chi connectivity index (χ1) is 15.5. The molecule has 0 bridgehead atoms. The summed E-state index contributed by atoms with van der Waals surface area (Å²) in [7, 11) is 0. The van der Waals surface area contributed by atoms with Crippen molar-refractivity contribution >= 4 is 41.0 Å². The third-order valence-corrected chi connectivity index (χ3v) is 5.03. The number of nitrogens with one attached hydrogen (secondary N) is 4. The molecule has 11 heteroatoms. The van der Waals surface area contributed by atoms with Crippen LogP contribution in [0.15, 0.2) is 30.3 Å². The average molecular weight is 483 g/mol. The Kier molecular flexibility index (Phi) is 11.5. The minimum Gasteiger partial charge on any atom is -0.391 e. The molecule has 5 N–H and O–H groups in total. The highest BCUT2D eigenvalue weighted by Crippen LogP contribution is 2.04. The lowest BCUT2D eigenvalue weighted by molar-refractivity contribution is -0.135. The molecule has 0 aromatic heterocycles. The van der Waals surface area contributed by atoms with E-state index in [1.54, 1.807) is 24.3 Å². The number of benzene rings is 1. The van der Waals surface area contributed by atoms with E-state index in [1.165, 1.54) is 27.7 Å². The third-order valence-electron chi connectivity index (χ3n) is 4.76. The number of amides is 4. The number of aliphatic hydroxyl groups excluding tert-OH is 1. The van der Waals surface area contributed by atoms with Crippen LogP contribution in [0.3, 0.4) is 0 Å². The molecule has 0 aliphatic rings. The highest BCUT2D eigenvalue weighted by atomic mass is 35.5. The van der Waals surface area contributed by atoms with Gasteiger partial charge in [-0.05, 0) is 26.3 Å². The quantitative estimate of drug-likeness (QED) is 0.251. The summed E-state index contributed by atoms with van der Waals surface area (Å²) in [6, 6.07) is 4.77. The van der Waals surface area contributed by atoms with Crippen LogP contribution >= 0.6 is 11.6 Å². The zero-order valence-electron chi connectivity index (χ0n) is 19.1. The summed E-state index contributed by atoms with van der Waals surface area (Å²) in [6.07, 6.45) is -1.06. The van der Waals surface area contributed by atoms with E-state index in [0.717, 1.165) is 5.56 Å². The van der Waals surface area contributed by atoms with Crippen molar-refractivity contribution in [2.75, 3.05) is 5.88 Å². The number of halogens is 1. The predicted molar refractivity (Wildman–Crippen MR) is 122 cm³/mol. The summed E-state index contributed by atoms with van der Waals surface area (Å²) in [5, 5.41) is 19.7. The topological polar surface area (TPSA) is 154 Å². The molecule has 0 fully saturated rings. The van der Waals surface area contributed by atoms with E-state index in [-0.39, 0.29) is 12.3 Å². The fourth-order valence-corrected chi connectivity index (χ4v) is 3.10. The molecule has 1 aromatic carbocycles. The molecular weight excluding hydrogens is 452 g/mol. The summed E-state index contributed by atoms with van der Waals surface area (Å²) in [6.45, 7) is 5.41. The molecule has 5 atom stereocenters. The van der Waals surface area contributed by atoms with E-state index in [4.69, 9.17) is 11.6 Å². The predicted octanol–water partition coefficient (Wildman–Crippen LogP) is -0.583. The second-order valence-electron chi connectivity index (χ2n) is 7.73. The summed E-state index contributed by atoms with van der Waals surface area (Å²) in [5.74, 6) is -3.23. The van der Waals surface area contributed by atoms with Gasteiger partial charge in [-0.1, -0.05) is 30.3 Å². The number of hydrogen-bond donors (Lipinski definition) is 5. The maximum Gasteiger partial charge on any atom is 0.245 e. The van der Waals surface area contributed by atoms with Crippen molar-refractivity contribution in [2.24, 2.45) is 0 Å². The maximum absolute atomic E-state index is 12.7. The van der Waals surface area contributed by atoms with Crippen LogP contribution in [0.1, 0.15) is 33.3 Å². The van der Waals surface area contributed by atoms with Gasteiger partial charge < -0.3 is 26.4 Å². The smallest absolute Gasteiger partial charge is 0.245 e. The monoisotopic (exact) mass is 482 g/mol. The van der Waals surface area contributed by atoms with Gasteiger partial charge in [-0.15, -0.1) is 11.6 Å². The fraction of sp³-hybridized carbons (Fsp3) is 0.500. The highest BCUT2D eigenvalue weighted by Gasteiger charge is 2.30. The van der Waals surface area contributed by atoms with Crippen molar-refractivity contribution < 1.29 is 29.1 Å². The second-order valence-corrected chi connectivity index (χ2v) is 8.00. The Morgan fingerprint density at radius 3 is 1.94 bits per heavy atom. The number of aliphatic hydroxyl groups is 1. The normalized spacial score (nSPS) is 15.2. The van der Waals surface area contributed by atoms with Crippen molar-refractivity contribution in [3.05, 3.63) is 35.9 Å². The van der Waals surface area contributed by atoms with Gasteiger partial charge in [0.05, 0.1) is 18.0 Å². The van der Waals surface area contributed by atoms with Crippen LogP contribution in [0, 0.1) is 0 Å². The largest absolute Gasteiger partial charge is 0.391 e. The van der Waals surface area contributed by atoms with Crippen molar-refractivity contribution in [1.29, 1.82) is 0 Å². The van der Waals surface area contributed by atoms with Crippen LogP contribution in [0.4, 0.5) is 0 Å². The average Bonchev–Trinajstić information content (AvgIpc) is 2.75. The number of ketones is 1. The summed E-state index contributed by atoms with van der Waals surface area (Å²) < 4.78 is 0. The second kappa shape index (κ2) is 13.5. The molecule has 0 aliphatic heterocycles. The van der Waals surface area contributed by atoms with Crippen LogP contribution in [0.2, 0.25) is 0 Å². The number of Topliss-reactive ketones (excluding diaryl/α,β-unsaturated/α-hetero) is 1. The van der Waals surface area contributed by atoms with E-state index in [9.17, 15) is 29.1 Å². The molecule has 0 spiro atoms. The zero-order chi connectivity index (χ0) is 25.1. The molecule has 1 rings (SSSR count). The summed E-state index contributed by atoms with van der Waals surface area (Å²) in [4.78, 5) is 60.9. The van der Waals surface area contributed by atoms with Gasteiger partial charge in [0.25, 0.3) is 0 Å². The van der Waals surface area contributed by atoms with Gasteiger partial charge in [0, 0.05) is 13.3 Å². The summed E-state index contributed by atoms with van der Waals surface area (Å²) in [5.41, 5.74) is 0.815. The van der Waals surface area contributed by atoms with Crippen LogP contribution in [0.25, 0.3) is 0 Å².